The van der Waals surface area contributed by atoms with E-state index in [-0.39, 0.29) is 5.91 Å². The Morgan fingerprint density at radius 1 is 1.10 bits per heavy atom. The summed E-state index contributed by atoms with van der Waals surface area (Å²) in [7, 11) is 0. The van der Waals surface area contributed by atoms with Crippen LogP contribution in [0.15, 0.2) is 59.7 Å². The monoisotopic (exact) mass is 280 g/mol. The highest BCUT2D eigenvalue weighted by Gasteiger charge is 2.05. The lowest BCUT2D eigenvalue weighted by molar-refractivity contribution is 0.0955. The van der Waals surface area contributed by atoms with Crippen LogP contribution in [0.4, 0.5) is 0 Å². The maximum absolute atomic E-state index is 11.9. The van der Waals surface area contributed by atoms with E-state index >= 15 is 0 Å². The van der Waals surface area contributed by atoms with Crippen molar-refractivity contribution in [2.24, 2.45) is 5.10 Å². The number of hydrazone groups is 1. The minimum Gasteiger partial charge on any atom is -0.267 e. The molecule has 3 nitrogen and oxygen atoms in total. The molecule has 108 valence electrons. The molecule has 0 heterocycles. The molecule has 0 saturated carbocycles. The van der Waals surface area contributed by atoms with Gasteiger partial charge in [0.25, 0.3) is 5.91 Å². The van der Waals surface area contributed by atoms with E-state index in [9.17, 15) is 4.79 Å². The number of hydrogen-bond acceptors (Lipinski definition) is 2. The van der Waals surface area contributed by atoms with E-state index in [1.54, 1.807) is 6.21 Å². The molecule has 0 aromatic heterocycles. The Labute approximate surface area is 125 Å². The zero-order valence-corrected chi connectivity index (χ0v) is 12.4. The second-order valence-electron chi connectivity index (χ2n) is 5.22. The van der Waals surface area contributed by atoms with Crippen molar-refractivity contribution in [1.82, 2.24) is 5.43 Å². The molecule has 0 saturated heterocycles. The first-order chi connectivity index (χ1) is 10.2. The third-order valence-electron chi connectivity index (χ3n) is 3.27. The van der Waals surface area contributed by atoms with Crippen LogP contribution in [0.3, 0.4) is 0 Å². The van der Waals surface area contributed by atoms with Gasteiger partial charge < -0.3 is 0 Å². The fourth-order valence-corrected chi connectivity index (χ4v) is 1.95. The highest BCUT2D eigenvalue weighted by molar-refractivity contribution is 5.94. The molecule has 3 heteroatoms. The molecule has 0 aliphatic heterocycles. The molecule has 0 unspecified atom stereocenters. The van der Waals surface area contributed by atoms with E-state index in [1.165, 1.54) is 5.56 Å². The molecule has 1 N–H and O–H groups in total. The number of rotatable bonds is 5. The van der Waals surface area contributed by atoms with Crippen LogP contribution in [0.1, 0.15) is 41.3 Å². The zero-order chi connectivity index (χ0) is 15.1. The third kappa shape index (κ3) is 4.56. The second-order valence-corrected chi connectivity index (χ2v) is 5.22. The maximum Gasteiger partial charge on any atom is 0.271 e. The minimum absolute atomic E-state index is 0.186. The average molecular weight is 280 g/mol. The summed E-state index contributed by atoms with van der Waals surface area (Å²) in [6.07, 6.45) is 2.41. The normalized spacial score (nSPS) is 11.0. The van der Waals surface area contributed by atoms with E-state index in [2.05, 4.69) is 24.4 Å². The van der Waals surface area contributed by atoms with Gasteiger partial charge in [-0.3, -0.25) is 4.79 Å². The molecule has 0 fully saturated rings. The molecule has 21 heavy (non-hydrogen) atoms. The van der Waals surface area contributed by atoms with Gasteiger partial charge in [-0.1, -0.05) is 56.3 Å². The van der Waals surface area contributed by atoms with Gasteiger partial charge in [-0.25, -0.2) is 5.43 Å². The van der Waals surface area contributed by atoms with Crippen LogP contribution in [-0.4, -0.2) is 12.1 Å². The van der Waals surface area contributed by atoms with Crippen LogP contribution in [0.5, 0.6) is 0 Å². The van der Waals surface area contributed by atoms with Crippen LogP contribution in [0.2, 0.25) is 0 Å². The van der Waals surface area contributed by atoms with Gasteiger partial charge in [0.2, 0.25) is 0 Å². The topological polar surface area (TPSA) is 41.5 Å². The first kappa shape index (κ1) is 15.0. The molecular weight excluding hydrogens is 260 g/mol. The van der Waals surface area contributed by atoms with E-state index in [0.717, 1.165) is 5.56 Å². The Kier molecular flexibility index (Phi) is 5.27. The van der Waals surface area contributed by atoms with Crippen molar-refractivity contribution in [2.45, 2.75) is 26.2 Å². The van der Waals surface area contributed by atoms with Crippen molar-refractivity contribution in [3.05, 3.63) is 71.3 Å². The SMILES string of the molecule is CC(C)c1ccc(C(=O)N/N=C/Cc2ccccc2)cc1. The number of nitrogens with one attached hydrogen (secondary N) is 1. The van der Waals surface area contributed by atoms with Gasteiger partial charge >= 0.3 is 0 Å². The van der Waals surface area contributed by atoms with Crippen LogP contribution >= 0.6 is 0 Å². The minimum atomic E-state index is -0.186. The molecule has 0 aliphatic carbocycles. The lowest BCUT2D eigenvalue weighted by Gasteiger charge is -2.05. The molecule has 0 aliphatic rings. The van der Waals surface area contributed by atoms with E-state index in [4.69, 9.17) is 0 Å². The van der Waals surface area contributed by atoms with Crippen molar-refractivity contribution in [3.8, 4) is 0 Å². The number of carbonyl (C=O) groups excluding carboxylic acids is 1. The summed E-state index contributed by atoms with van der Waals surface area (Å²) in [4.78, 5) is 11.9. The first-order valence-corrected chi connectivity index (χ1v) is 7.12. The van der Waals surface area contributed by atoms with Crippen molar-refractivity contribution < 1.29 is 4.79 Å². The fourth-order valence-electron chi connectivity index (χ4n) is 1.95. The number of hydrogen-bond donors (Lipinski definition) is 1. The van der Waals surface area contributed by atoms with Crippen molar-refractivity contribution in [3.63, 3.8) is 0 Å². The summed E-state index contributed by atoms with van der Waals surface area (Å²) in [5.41, 5.74) is 5.56. The number of carbonyl (C=O) groups is 1. The average Bonchev–Trinajstić information content (AvgIpc) is 2.52. The van der Waals surface area contributed by atoms with Crippen LogP contribution in [-0.2, 0) is 6.42 Å². The van der Waals surface area contributed by atoms with E-state index in [1.807, 2.05) is 54.6 Å². The van der Waals surface area contributed by atoms with Gasteiger partial charge in [-0.15, -0.1) is 0 Å². The van der Waals surface area contributed by atoms with Crippen LogP contribution < -0.4 is 5.43 Å². The lowest BCUT2D eigenvalue weighted by atomic mass is 10.0. The van der Waals surface area contributed by atoms with Gasteiger partial charge in [-0.2, -0.15) is 5.10 Å². The number of nitrogens with zero attached hydrogens (tertiary/aromatic N) is 1. The van der Waals surface area contributed by atoms with Gasteiger partial charge in [-0.05, 0) is 29.2 Å². The predicted molar refractivity (Wildman–Crippen MR) is 86.6 cm³/mol. The predicted octanol–water partition coefficient (Wildman–Crippen LogP) is 3.77. The standard InChI is InChI=1S/C18H20N2O/c1-14(2)16-8-10-17(11-9-16)18(21)20-19-13-12-15-6-4-3-5-7-15/h3-11,13-14H,12H2,1-2H3,(H,20,21)/b19-13+. The molecule has 0 radical (unpaired) electrons. The Balaban J connectivity index is 1.86. The maximum atomic E-state index is 11.9. The largest absolute Gasteiger partial charge is 0.271 e. The molecule has 0 spiro atoms. The molecular formula is C18H20N2O. The highest BCUT2D eigenvalue weighted by atomic mass is 16.2. The quantitative estimate of drug-likeness (QED) is 0.657. The molecule has 2 rings (SSSR count). The van der Waals surface area contributed by atoms with E-state index in [0.29, 0.717) is 17.9 Å². The van der Waals surface area contributed by atoms with Crippen molar-refractivity contribution in [1.29, 1.82) is 0 Å². The molecule has 0 atom stereocenters. The van der Waals surface area contributed by atoms with Gasteiger partial charge in [0.15, 0.2) is 0 Å². The molecule has 2 aromatic rings. The molecule has 2 aromatic carbocycles. The molecule has 1 amide bonds. The van der Waals surface area contributed by atoms with E-state index < -0.39 is 0 Å². The summed E-state index contributed by atoms with van der Waals surface area (Å²) in [6.45, 7) is 4.26. The van der Waals surface area contributed by atoms with Crippen LogP contribution in [0, 0.1) is 0 Å². The number of amides is 1. The molecule has 0 bridgehead atoms. The number of benzene rings is 2. The highest BCUT2D eigenvalue weighted by Crippen LogP contribution is 2.14. The smallest absolute Gasteiger partial charge is 0.267 e. The fraction of sp³-hybridized carbons (Fsp3) is 0.222. The third-order valence-corrected chi connectivity index (χ3v) is 3.27. The Morgan fingerprint density at radius 2 is 1.76 bits per heavy atom. The van der Waals surface area contributed by atoms with Crippen molar-refractivity contribution >= 4 is 12.1 Å². The Bertz CT molecular complexity index is 601. The Hall–Kier alpha value is -2.42. The lowest BCUT2D eigenvalue weighted by Crippen LogP contribution is -2.17. The Morgan fingerprint density at radius 3 is 2.38 bits per heavy atom. The summed E-state index contributed by atoms with van der Waals surface area (Å²) in [6, 6.07) is 17.6. The zero-order valence-electron chi connectivity index (χ0n) is 12.4. The first-order valence-electron chi connectivity index (χ1n) is 7.12. The summed E-state index contributed by atoms with van der Waals surface area (Å²) in [5.74, 6) is 0.278. The summed E-state index contributed by atoms with van der Waals surface area (Å²) in [5, 5.41) is 3.98. The summed E-state index contributed by atoms with van der Waals surface area (Å²) < 4.78 is 0. The second kappa shape index (κ2) is 7.39. The van der Waals surface area contributed by atoms with Crippen molar-refractivity contribution in [2.75, 3.05) is 0 Å². The van der Waals surface area contributed by atoms with Gasteiger partial charge in [0, 0.05) is 18.2 Å². The van der Waals surface area contributed by atoms with Gasteiger partial charge in [0.1, 0.15) is 0 Å². The summed E-state index contributed by atoms with van der Waals surface area (Å²) >= 11 is 0. The van der Waals surface area contributed by atoms with Crippen LogP contribution in [0.25, 0.3) is 0 Å². The van der Waals surface area contributed by atoms with Gasteiger partial charge in [0.05, 0.1) is 0 Å².